The minimum atomic E-state index is -3.92. The number of rotatable bonds is 6. The first-order chi connectivity index (χ1) is 12.3. The third-order valence-electron chi connectivity index (χ3n) is 3.64. The topological polar surface area (TPSA) is 72.9 Å². The SMILES string of the molecule is CCN(c1ccc(Cl)c(C(=O)OC)c1)S(=O)(=O)c1ccc(OC)c(Cl)c1. The van der Waals surface area contributed by atoms with Crippen molar-refractivity contribution >= 4 is 44.9 Å². The molecule has 2 rings (SSSR count). The normalized spacial score (nSPS) is 11.1. The predicted octanol–water partition coefficient (Wildman–Crippen LogP) is 4.00. The number of halogens is 2. The van der Waals surface area contributed by atoms with Gasteiger partial charge in [0, 0.05) is 6.54 Å². The molecular formula is C17H17Cl2NO5S. The van der Waals surface area contributed by atoms with Crippen LogP contribution in [0.5, 0.6) is 5.75 Å². The molecule has 0 aliphatic heterocycles. The van der Waals surface area contributed by atoms with Crippen molar-refractivity contribution in [2.45, 2.75) is 11.8 Å². The summed E-state index contributed by atoms with van der Waals surface area (Å²) in [7, 11) is -1.25. The number of sulfonamides is 1. The number of carbonyl (C=O) groups excluding carboxylic acids is 1. The van der Waals surface area contributed by atoms with Crippen molar-refractivity contribution < 1.29 is 22.7 Å². The summed E-state index contributed by atoms with van der Waals surface area (Å²) in [5.41, 5.74) is 0.359. The van der Waals surface area contributed by atoms with E-state index in [9.17, 15) is 13.2 Å². The molecule has 0 unspecified atom stereocenters. The van der Waals surface area contributed by atoms with Crippen LogP contribution in [0.1, 0.15) is 17.3 Å². The first-order valence-electron chi connectivity index (χ1n) is 7.50. The second-order valence-electron chi connectivity index (χ2n) is 5.12. The van der Waals surface area contributed by atoms with E-state index < -0.39 is 16.0 Å². The van der Waals surface area contributed by atoms with Crippen molar-refractivity contribution in [2.75, 3.05) is 25.1 Å². The lowest BCUT2D eigenvalue weighted by atomic mass is 10.2. The van der Waals surface area contributed by atoms with Crippen LogP contribution >= 0.6 is 23.2 Å². The number of benzene rings is 2. The van der Waals surface area contributed by atoms with Gasteiger partial charge in [0.2, 0.25) is 0 Å². The maximum atomic E-state index is 13.0. The first kappa shape index (κ1) is 20.4. The van der Waals surface area contributed by atoms with Gasteiger partial charge < -0.3 is 9.47 Å². The zero-order valence-electron chi connectivity index (χ0n) is 14.3. The molecule has 2 aromatic carbocycles. The van der Waals surface area contributed by atoms with Gasteiger partial charge in [-0.15, -0.1) is 0 Å². The van der Waals surface area contributed by atoms with Crippen LogP contribution in [0, 0.1) is 0 Å². The zero-order valence-corrected chi connectivity index (χ0v) is 16.7. The van der Waals surface area contributed by atoms with Crippen LogP contribution in [0.2, 0.25) is 10.0 Å². The standard InChI is InChI=1S/C17H17Cl2NO5S/c1-4-20(11-5-7-14(18)13(9-11)17(21)25-3)26(22,23)12-6-8-16(24-2)15(19)10-12/h5-10H,4H2,1-3H3. The number of esters is 1. The molecule has 0 amide bonds. The lowest BCUT2D eigenvalue weighted by molar-refractivity contribution is 0.0601. The summed E-state index contributed by atoms with van der Waals surface area (Å²) < 4.78 is 36.9. The molecule has 0 atom stereocenters. The van der Waals surface area contributed by atoms with Gasteiger partial charge in [0.05, 0.1) is 40.4 Å². The van der Waals surface area contributed by atoms with Gasteiger partial charge in [-0.1, -0.05) is 23.2 Å². The summed E-state index contributed by atoms with van der Waals surface area (Å²) in [6.07, 6.45) is 0. The summed E-state index contributed by atoms with van der Waals surface area (Å²) >= 11 is 12.1. The molecule has 26 heavy (non-hydrogen) atoms. The maximum Gasteiger partial charge on any atom is 0.339 e. The molecule has 0 aliphatic rings. The van der Waals surface area contributed by atoms with Gasteiger partial charge >= 0.3 is 5.97 Å². The Labute approximate surface area is 162 Å². The molecule has 0 heterocycles. The Kier molecular flexibility index (Phi) is 6.39. The largest absolute Gasteiger partial charge is 0.495 e. The minimum Gasteiger partial charge on any atom is -0.495 e. The van der Waals surface area contributed by atoms with Crippen molar-refractivity contribution in [1.82, 2.24) is 0 Å². The fourth-order valence-electron chi connectivity index (χ4n) is 2.36. The maximum absolute atomic E-state index is 13.0. The molecule has 0 aliphatic carbocycles. The van der Waals surface area contributed by atoms with Gasteiger partial charge in [-0.05, 0) is 43.3 Å². The molecular weight excluding hydrogens is 401 g/mol. The highest BCUT2D eigenvalue weighted by Crippen LogP contribution is 2.31. The van der Waals surface area contributed by atoms with Crippen molar-refractivity contribution in [1.29, 1.82) is 0 Å². The lowest BCUT2D eigenvalue weighted by Gasteiger charge is -2.24. The van der Waals surface area contributed by atoms with Gasteiger partial charge in [0.1, 0.15) is 5.75 Å². The summed E-state index contributed by atoms with van der Waals surface area (Å²) in [6, 6.07) is 8.53. The van der Waals surface area contributed by atoms with Crippen LogP contribution in [-0.2, 0) is 14.8 Å². The molecule has 2 aromatic rings. The van der Waals surface area contributed by atoms with Crippen molar-refractivity contribution in [2.24, 2.45) is 0 Å². The van der Waals surface area contributed by atoms with E-state index in [1.807, 2.05) is 0 Å². The number of anilines is 1. The Morgan fingerprint density at radius 1 is 1.08 bits per heavy atom. The number of hydrogen-bond donors (Lipinski definition) is 0. The number of hydrogen-bond acceptors (Lipinski definition) is 5. The number of ether oxygens (including phenoxy) is 2. The zero-order chi connectivity index (χ0) is 19.5. The molecule has 0 saturated carbocycles. The van der Waals surface area contributed by atoms with Gasteiger partial charge in [-0.2, -0.15) is 0 Å². The molecule has 140 valence electrons. The molecule has 0 bridgehead atoms. The Balaban J connectivity index is 2.53. The third kappa shape index (κ3) is 3.90. The van der Waals surface area contributed by atoms with Crippen LogP contribution in [-0.4, -0.2) is 35.2 Å². The van der Waals surface area contributed by atoms with E-state index in [4.69, 9.17) is 27.9 Å². The summed E-state index contributed by atoms with van der Waals surface area (Å²) in [6.45, 7) is 1.81. The second kappa shape index (κ2) is 8.16. The quantitative estimate of drug-likeness (QED) is 0.663. The van der Waals surface area contributed by atoms with Gasteiger partial charge in [-0.25, -0.2) is 13.2 Å². The lowest BCUT2D eigenvalue weighted by Crippen LogP contribution is -2.31. The van der Waals surface area contributed by atoms with Crippen LogP contribution in [0.25, 0.3) is 0 Å². The number of methoxy groups -OCH3 is 2. The third-order valence-corrected chi connectivity index (χ3v) is 6.17. The van der Waals surface area contributed by atoms with E-state index >= 15 is 0 Å². The molecule has 0 N–H and O–H groups in total. The van der Waals surface area contributed by atoms with Gasteiger partial charge in [0.15, 0.2) is 0 Å². The van der Waals surface area contributed by atoms with Crippen molar-refractivity contribution in [3.8, 4) is 5.75 Å². The fraction of sp³-hybridized carbons (Fsp3) is 0.235. The van der Waals surface area contributed by atoms with Crippen LogP contribution in [0.3, 0.4) is 0 Å². The molecule has 0 radical (unpaired) electrons. The highest BCUT2D eigenvalue weighted by Gasteiger charge is 2.26. The van der Waals surface area contributed by atoms with Crippen LogP contribution in [0.4, 0.5) is 5.69 Å². The number of nitrogens with zero attached hydrogens (tertiary/aromatic N) is 1. The molecule has 0 aromatic heterocycles. The van der Waals surface area contributed by atoms with E-state index in [-0.39, 0.29) is 32.7 Å². The van der Waals surface area contributed by atoms with E-state index in [2.05, 4.69) is 4.74 Å². The van der Waals surface area contributed by atoms with Crippen LogP contribution in [0.15, 0.2) is 41.3 Å². The Morgan fingerprint density at radius 3 is 2.31 bits per heavy atom. The van der Waals surface area contributed by atoms with Crippen LogP contribution < -0.4 is 9.04 Å². The van der Waals surface area contributed by atoms with Gasteiger partial charge in [-0.3, -0.25) is 4.31 Å². The predicted molar refractivity (Wildman–Crippen MR) is 101 cm³/mol. The highest BCUT2D eigenvalue weighted by atomic mass is 35.5. The van der Waals surface area contributed by atoms with Gasteiger partial charge in [0.25, 0.3) is 10.0 Å². The first-order valence-corrected chi connectivity index (χ1v) is 9.70. The monoisotopic (exact) mass is 417 g/mol. The molecule has 0 saturated heterocycles. The Morgan fingerprint density at radius 2 is 1.77 bits per heavy atom. The molecule has 0 spiro atoms. The Bertz CT molecular complexity index is 931. The van der Waals surface area contributed by atoms with E-state index in [0.717, 1.165) is 4.31 Å². The smallest absolute Gasteiger partial charge is 0.339 e. The fourth-order valence-corrected chi connectivity index (χ4v) is 4.37. The summed E-state index contributed by atoms with van der Waals surface area (Å²) in [5.74, 6) is -0.286. The Hall–Kier alpha value is -1.96. The average molecular weight is 418 g/mol. The van der Waals surface area contributed by atoms with E-state index in [1.165, 1.54) is 50.6 Å². The van der Waals surface area contributed by atoms with E-state index in [0.29, 0.717) is 5.75 Å². The minimum absolute atomic E-state index is 0.000261. The average Bonchev–Trinajstić information content (AvgIpc) is 2.62. The summed E-state index contributed by atoms with van der Waals surface area (Å²) in [4.78, 5) is 11.8. The van der Waals surface area contributed by atoms with Crippen molar-refractivity contribution in [3.05, 3.63) is 52.0 Å². The molecule has 9 heteroatoms. The molecule has 0 fully saturated rings. The van der Waals surface area contributed by atoms with E-state index in [1.54, 1.807) is 6.92 Å². The molecule has 6 nitrogen and oxygen atoms in total. The highest BCUT2D eigenvalue weighted by molar-refractivity contribution is 7.92. The number of carbonyl (C=O) groups is 1. The second-order valence-corrected chi connectivity index (χ2v) is 7.80. The summed E-state index contributed by atoms with van der Waals surface area (Å²) in [5, 5.41) is 0.345. The van der Waals surface area contributed by atoms with Crippen molar-refractivity contribution in [3.63, 3.8) is 0 Å².